The van der Waals surface area contributed by atoms with Crippen LogP contribution in [0, 0.1) is 17.3 Å². The molecule has 0 bridgehead atoms. The zero-order chi connectivity index (χ0) is 19.0. The van der Waals surface area contributed by atoms with Crippen LogP contribution in [-0.2, 0) is 16.1 Å². The number of rotatable bonds is 5. The maximum Gasteiger partial charge on any atom is 0.222 e. The molecule has 4 aliphatic rings. The quantitative estimate of drug-likeness (QED) is 0.778. The Hall–Kier alpha value is -1.43. The van der Waals surface area contributed by atoms with Crippen LogP contribution in [0.5, 0.6) is 0 Å². The number of aromatic nitrogens is 3. The largest absolute Gasteiger partial charge is 0.381 e. The van der Waals surface area contributed by atoms with Crippen LogP contribution in [-0.4, -0.2) is 51.9 Å². The van der Waals surface area contributed by atoms with E-state index in [0.717, 1.165) is 63.9 Å². The number of ether oxygens (including phenoxy) is 1. The molecule has 2 saturated carbocycles. The molecule has 0 radical (unpaired) electrons. The van der Waals surface area contributed by atoms with Gasteiger partial charge in [0.05, 0.1) is 0 Å². The Bertz CT molecular complexity index is 686. The van der Waals surface area contributed by atoms with Gasteiger partial charge in [-0.2, -0.15) is 0 Å². The maximum absolute atomic E-state index is 13.2. The Balaban J connectivity index is 1.34. The van der Waals surface area contributed by atoms with Gasteiger partial charge < -0.3 is 14.2 Å². The zero-order valence-corrected chi connectivity index (χ0v) is 17.0. The highest BCUT2D eigenvalue weighted by Gasteiger charge is 2.51. The van der Waals surface area contributed by atoms with Crippen LogP contribution < -0.4 is 0 Å². The maximum atomic E-state index is 13.2. The first-order valence-corrected chi connectivity index (χ1v) is 11.5. The normalized spacial score (nSPS) is 28.1. The molecule has 2 aliphatic carbocycles. The van der Waals surface area contributed by atoms with Crippen molar-refractivity contribution in [2.24, 2.45) is 17.3 Å². The molecule has 2 aliphatic heterocycles. The average Bonchev–Trinajstić information content (AvgIpc) is 3.30. The molecule has 2 saturated heterocycles. The van der Waals surface area contributed by atoms with E-state index in [1.54, 1.807) is 0 Å². The van der Waals surface area contributed by atoms with Gasteiger partial charge in [0, 0.05) is 50.6 Å². The van der Waals surface area contributed by atoms with Crippen LogP contribution in [0.25, 0.3) is 0 Å². The predicted octanol–water partition coefficient (Wildman–Crippen LogP) is 3.38. The Morgan fingerprint density at radius 1 is 1.11 bits per heavy atom. The minimum atomic E-state index is 0.120. The number of hydrogen-bond acceptors (Lipinski definition) is 4. The van der Waals surface area contributed by atoms with Gasteiger partial charge in [0.15, 0.2) is 0 Å². The zero-order valence-electron chi connectivity index (χ0n) is 17.0. The van der Waals surface area contributed by atoms with Gasteiger partial charge in [-0.15, -0.1) is 10.2 Å². The lowest BCUT2D eigenvalue weighted by Gasteiger charge is -2.37. The number of amides is 1. The van der Waals surface area contributed by atoms with E-state index in [1.807, 2.05) is 6.33 Å². The summed E-state index contributed by atoms with van der Waals surface area (Å²) in [5.41, 5.74) is 0.120. The fraction of sp³-hybridized carbons (Fsp3) is 0.864. The Kier molecular flexibility index (Phi) is 5.16. The summed E-state index contributed by atoms with van der Waals surface area (Å²) in [6.45, 7) is 4.34. The number of nitrogens with zero attached hydrogens (tertiary/aromatic N) is 4. The molecule has 1 aromatic heterocycles. The minimum Gasteiger partial charge on any atom is -0.381 e. The topological polar surface area (TPSA) is 60.2 Å². The number of likely N-dealkylation sites (tertiary alicyclic amines) is 1. The van der Waals surface area contributed by atoms with E-state index in [1.165, 1.54) is 44.9 Å². The van der Waals surface area contributed by atoms with Crippen molar-refractivity contribution in [3.8, 4) is 0 Å². The van der Waals surface area contributed by atoms with Gasteiger partial charge in [0.2, 0.25) is 5.91 Å². The number of hydrogen-bond donors (Lipinski definition) is 0. The molecule has 5 rings (SSSR count). The third-order valence-corrected chi connectivity index (χ3v) is 7.79. The van der Waals surface area contributed by atoms with Crippen molar-refractivity contribution in [1.82, 2.24) is 19.7 Å². The molecular weight excluding hydrogens is 352 g/mol. The summed E-state index contributed by atoms with van der Waals surface area (Å²) in [5, 5.41) is 8.84. The molecule has 28 heavy (non-hydrogen) atoms. The first-order valence-electron chi connectivity index (χ1n) is 11.5. The van der Waals surface area contributed by atoms with Crippen molar-refractivity contribution < 1.29 is 9.53 Å². The smallest absolute Gasteiger partial charge is 0.222 e. The predicted molar refractivity (Wildman–Crippen MR) is 106 cm³/mol. The molecule has 0 aromatic carbocycles. The van der Waals surface area contributed by atoms with Gasteiger partial charge in [-0.05, 0) is 50.4 Å². The van der Waals surface area contributed by atoms with E-state index in [4.69, 9.17) is 4.74 Å². The van der Waals surface area contributed by atoms with Crippen molar-refractivity contribution in [3.63, 3.8) is 0 Å². The lowest BCUT2D eigenvalue weighted by Crippen LogP contribution is -2.38. The van der Waals surface area contributed by atoms with Crippen LogP contribution in [0.1, 0.15) is 76.0 Å². The molecule has 1 aromatic rings. The Morgan fingerprint density at radius 3 is 2.64 bits per heavy atom. The summed E-state index contributed by atoms with van der Waals surface area (Å²) in [5.74, 6) is 3.18. The summed E-state index contributed by atoms with van der Waals surface area (Å²) < 4.78 is 7.98. The van der Waals surface area contributed by atoms with E-state index in [9.17, 15) is 4.79 Å². The van der Waals surface area contributed by atoms with Crippen molar-refractivity contribution in [2.45, 2.75) is 76.7 Å². The third-order valence-electron chi connectivity index (χ3n) is 7.79. The Labute approximate surface area is 168 Å². The summed E-state index contributed by atoms with van der Waals surface area (Å²) in [4.78, 5) is 15.3. The van der Waals surface area contributed by atoms with Crippen LogP contribution >= 0.6 is 0 Å². The van der Waals surface area contributed by atoms with Gasteiger partial charge in [0.1, 0.15) is 12.2 Å². The fourth-order valence-corrected chi connectivity index (χ4v) is 5.82. The molecule has 3 heterocycles. The monoisotopic (exact) mass is 386 g/mol. The van der Waals surface area contributed by atoms with Gasteiger partial charge in [0.25, 0.3) is 0 Å². The van der Waals surface area contributed by atoms with Gasteiger partial charge >= 0.3 is 0 Å². The van der Waals surface area contributed by atoms with Crippen LogP contribution in [0.3, 0.4) is 0 Å². The van der Waals surface area contributed by atoms with Gasteiger partial charge in [-0.25, -0.2) is 0 Å². The summed E-state index contributed by atoms with van der Waals surface area (Å²) >= 11 is 0. The van der Waals surface area contributed by atoms with Crippen molar-refractivity contribution in [2.75, 3.05) is 26.3 Å². The average molecular weight is 387 g/mol. The first-order chi connectivity index (χ1) is 13.7. The second kappa shape index (κ2) is 7.77. The van der Waals surface area contributed by atoms with Gasteiger partial charge in [-0.1, -0.05) is 19.3 Å². The highest BCUT2D eigenvalue weighted by molar-refractivity contribution is 5.77. The molecule has 1 spiro atoms. The standard InChI is InChI=1S/C22H34N4O2/c27-20(12-17-4-2-1-3-5-17)25-14-19(22(15-25)8-10-28-11-9-22)21-24-23-16-26(21)13-18-6-7-18/h16-19H,1-15H2. The third kappa shape index (κ3) is 3.72. The highest BCUT2D eigenvalue weighted by atomic mass is 16.5. The van der Waals surface area contributed by atoms with Crippen LogP contribution in [0.4, 0.5) is 0 Å². The molecule has 154 valence electrons. The molecule has 1 amide bonds. The van der Waals surface area contributed by atoms with Crippen LogP contribution in [0.2, 0.25) is 0 Å². The van der Waals surface area contributed by atoms with E-state index in [-0.39, 0.29) is 5.41 Å². The molecule has 1 unspecified atom stereocenters. The molecule has 0 N–H and O–H groups in total. The lowest BCUT2D eigenvalue weighted by atomic mass is 9.71. The lowest BCUT2D eigenvalue weighted by molar-refractivity contribution is -0.132. The van der Waals surface area contributed by atoms with Crippen molar-refractivity contribution in [1.29, 1.82) is 0 Å². The van der Waals surface area contributed by atoms with E-state index >= 15 is 0 Å². The first kappa shape index (κ1) is 18.6. The second-order valence-corrected chi connectivity index (χ2v) is 9.79. The molecule has 4 fully saturated rings. The Morgan fingerprint density at radius 2 is 1.89 bits per heavy atom. The van der Waals surface area contributed by atoms with E-state index < -0.39 is 0 Å². The summed E-state index contributed by atoms with van der Waals surface area (Å²) in [7, 11) is 0. The van der Waals surface area contributed by atoms with E-state index in [0.29, 0.717) is 17.7 Å². The van der Waals surface area contributed by atoms with Gasteiger partial charge in [-0.3, -0.25) is 4.79 Å². The molecule has 1 atom stereocenters. The summed E-state index contributed by atoms with van der Waals surface area (Å²) in [6, 6.07) is 0. The SMILES string of the molecule is O=C(CC1CCCCC1)N1CC(c2nncn2CC2CC2)C2(CCOCC2)C1. The number of carbonyl (C=O) groups excluding carboxylic acids is 1. The van der Waals surface area contributed by atoms with E-state index in [2.05, 4.69) is 19.7 Å². The summed E-state index contributed by atoms with van der Waals surface area (Å²) in [6.07, 6.45) is 13.8. The van der Waals surface area contributed by atoms with Crippen LogP contribution in [0.15, 0.2) is 6.33 Å². The fourth-order valence-electron chi connectivity index (χ4n) is 5.82. The second-order valence-electron chi connectivity index (χ2n) is 9.79. The van der Waals surface area contributed by atoms with Crippen molar-refractivity contribution >= 4 is 5.91 Å². The molecular formula is C22H34N4O2. The van der Waals surface area contributed by atoms with Crippen molar-refractivity contribution in [3.05, 3.63) is 12.2 Å². The molecule has 6 heteroatoms. The highest BCUT2D eigenvalue weighted by Crippen LogP contribution is 2.49. The molecule has 6 nitrogen and oxygen atoms in total. The number of carbonyl (C=O) groups is 1. The minimum absolute atomic E-state index is 0.120.